The van der Waals surface area contributed by atoms with Crippen molar-refractivity contribution in [2.24, 2.45) is 0 Å². The maximum atomic E-state index is 14.2. The van der Waals surface area contributed by atoms with Crippen LogP contribution in [0.1, 0.15) is 50.8 Å². The number of carboxylic acid groups (broad SMARTS) is 1. The van der Waals surface area contributed by atoms with Gasteiger partial charge in [0.15, 0.2) is 11.5 Å². The standard InChI is InChI=1S/C38H40N2O7/c1-3-47-34-17-16-26(22-35(34)46-2)18-20-39(21-19-36(42)43)37(44)32-14-8-6-12-30(32)31-13-7-9-15-33(31)38(45)40-24-28-11-5-4-10-27(28)23-29(40)25-41/h4-17,22,29,41H,3,18-21,23-25H2,1-2H3,(H,42,43)/t29-/m0/s1. The Morgan fingerprint density at radius 2 is 1.51 bits per heavy atom. The second kappa shape index (κ2) is 15.4. The maximum Gasteiger partial charge on any atom is 0.305 e. The Morgan fingerprint density at radius 3 is 2.19 bits per heavy atom. The van der Waals surface area contributed by atoms with E-state index in [0.717, 1.165) is 16.7 Å². The van der Waals surface area contributed by atoms with E-state index >= 15 is 0 Å². The number of rotatable bonds is 13. The van der Waals surface area contributed by atoms with Gasteiger partial charge in [-0.1, -0.05) is 66.7 Å². The van der Waals surface area contributed by atoms with Crippen LogP contribution in [-0.4, -0.2) is 77.3 Å². The summed E-state index contributed by atoms with van der Waals surface area (Å²) in [5, 5.41) is 19.7. The molecule has 0 aromatic heterocycles. The molecule has 0 radical (unpaired) electrons. The average molecular weight is 637 g/mol. The van der Waals surface area contributed by atoms with E-state index in [-0.39, 0.29) is 44.0 Å². The summed E-state index contributed by atoms with van der Waals surface area (Å²) in [4.78, 5) is 43.2. The number of benzene rings is 4. The molecule has 1 aliphatic heterocycles. The van der Waals surface area contributed by atoms with Crippen molar-refractivity contribution in [3.8, 4) is 22.6 Å². The number of hydrogen-bond acceptors (Lipinski definition) is 6. The first kappa shape index (κ1) is 33.2. The monoisotopic (exact) mass is 636 g/mol. The van der Waals surface area contributed by atoms with Crippen molar-refractivity contribution >= 4 is 17.8 Å². The van der Waals surface area contributed by atoms with Gasteiger partial charge in [0.05, 0.1) is 32.8 Å². The second-order valence-electron chi connectivity index (χ2n) is 11.4. The van der Waals surface area contributed by atoms with E-state index < -0.39 is 5.97 Å². The third-order valence-corrected chi connectivity index (χ3v) is 8.51. The van der Waals surface area contributed by atoms with Crippen molar-refractivity contribution in [3.05, 3.63) is 119 Å². The van der Waals surface area contributed by atoms with Crippen LogP contribution in [-0.2, 0) is 24.2 Å². The minimum atomic E-state index is -1.00. The first-order valence-electron chi connectivity index (χ1n) is 15.8. The third-order valence-electron chi connectivity index (χ3n) is 8.51. The molecular weight excluding hydrogens is 596 g/mol. The van der Waals surface area contributed by atoms with E-state index in [9.17, 15) is 24.6 Å². The Morgan fingerprint density at radius 1 is 0.851 bits per heavy atom. The summed E-state index contributed by atoms with van der Waals surface area (Å²) in [5.74, 6) is -0.360. The predicted molar refractivity (Wildman–Crippen MR) is 179 cm³/mol. The van der Waals surface area contributed by atoms with Gasteiger partial charge >= 0.3 is 5.97 Å². The fraction of sp³-hybridized carbons (Fsp3) is 0.289. The molecule has 244 valence electrons. The number of carbonyl (C=O) groups is 3. The first-order valence-corrected chi connectivity index (χ1v) is 15.8. The average Bonchev–Trinajstić information content (AvgIpc) is 3.11. The number of aliphatic carboxylic acids is 1. The zero-order valence-electron chi connectivity index (χ0n) is 26.7. The van der Waals surface area contributed by atoms with Gasteiger partial charge in [-0.15, -0.1) is 0 Å². The molecule has 2 N–H and O–H groups in total. The molecule has 0 saturated carbocycles. The Balaban J connectivity index is 1.45. The van der Waals surface area contributed by atoms with Gasteiger partial charge in [-0.3, -0.25) is 14.4 Å². The Hall–Kier alpha value is -5.15. The minimum Gasteiger partial charge on any atom is -0.493 e. The van der Waals surface area contributed by atoms with Gasteiger partial charge in [0.1, 0.15) is 0 Å². The van der Waals surface area contributed by atoms with Crippen molar-refractivity contribution in [2.45, 2.75) is 38.8 Å². The van der Waals surface area contributed by atoms with E-state index in [1.165, 1.54) is 0 Å². The number of nitrogens with zero attached hydrogens (tertiary/aromatic N) is 2. The Labute approximate surface area is 275 Å². The highest BCUT2D eigenvalue weighted by Gasteiger charge is 2.31. The molecule has 2 amide bonds. The molecular formula is C38H40N2O7. The summed E-state index contributed by atoms with van der Waals surface area (Å²) in [7, 11) is 1.57. The van der Waals surface area contributed by atoms with Gasteiger partial charge in [0.2, 0.25) is 0 Å². The first-order chi connectivity index (χ1) is 22.8. The lowest BCUT2D eigenvalue weighted by molar-refractivity contribution is -0.137. The van der Waals surface area contributed by atoms with E-state index in [2.05, 4.69) is 0 Å². The number of aliphatic hydroxyl groups excluding tert-OH is 1. The number of carboxylic acids is 1. The number of hydrogen-bond donors (Lipinski definition) is 2. The van der Waals surface area contributed by atoms with Gasteiger partial charge in [-0.25, -0.2) is 0 Å². The van der Waals surface area contributed by atoms with Gasteiger partial charge in [0.25, 0.3) is 11.8 Å². The lowest BCUT2D eigenvalue weighted by Crippen LogP contribution is -2.46. The van der Waals surface area contributed by atoms with Crippen LogP contribution >= 0.6 is 0 Å². The molecule has 9 nitrogen and oxygen atoms in total. The summed E-state index contributed by atoms with van der Waals surface area (Å²) in [6.07, 6.45) is 0.799. The van der Waals surface area contributed by atoms with Gasteiger partial charge < -0.3 is 29.5 Å². The highest BCUT2D eigenvalue weighted by Crippen LogP contribution is 2.32. The SMILES string of the molecule is CCOc1ccc(CCN(CCC(=O)O)C(=O)c2ccccc2-c2ccccc2C(=O)N2Cc3ccccc3C[C@H]2CO)cc1OC. The lowest BCUT2D eigenvalue weighted by atomic mass is 9.91. The summed E-state index contributed by atoms with van der Waals surface area (Å²) in [6, 6.07) is 27.4. The van der Waals surface area contributed by atoms with Crippen molar-refractivity contribution in [3.63, 3.8) is 0 Å². The Bertz CT molecular complexity index is 1740. The van der Waals surface area contributed by atoms with Crippen LogP contribution in [0.4, 0.5) is 0 Å². The molecule has 1 heterocycles. The molecule has 4 aromatic rings. The normalized spacial score (nSPS) is 13.9. The van der Waals surface area contributed by atoms with Crippen LogP contribution in [0, 0.1) is 0 Å². The lowest BCUT2D eigenvalue weighted by Gasteiger charge is -2.36. The van der Waals surface area contributed by atoms with Crippen LogP contribution in [0.5, 0.6) is 11.5 Å². The largest absolute Gasteiger partial charge is 0.493 e. The van der Waals surface area contributed by atoms with Crippen LogP contribution < -0.4 is 9.47 Å². The molecule has 9 heteroatoms. The zero-order valence-corrected chi connectivity index (χ0v) is 26.7. The van der Waals surface area contributed by atoms with Crippen molar-refractivity contribution in [1.82, 2.24) is 9.80 Å². The molecule has 5 rings (SSSR count). The highest BCUT2D eigenvalue weighted by molar-refractivity contribution is 6.06. The van der Waals surface area contributed by atoms with Gasteiger partial charge in [0, 0.05) is 30.8 Å². The van der Waals surface area contributed by atoms with E-state index in [4.69, 9.17) is 9.47 Å². The minimum absolute atomic E-state index is 0.0165. The van der Waals surface area contributed by atoms with Crippen LogP contribution in [0.25, 0.3) is 11.1 Å². The molecule has 0 fully saturated rings. The molecule has 0 aliphatic carbocycles. The number of carbonyl (C=O) groups excluding carboxylic acids is 2. The van der Waals surface area contributed by atoms with E-state index in [1.54, 1.807) is 47.2 Å². The highest BCUT2D eigenvalue weighted by atomic mass is 16.5. The van der Waals surface area contributed by atoms with Crippen molar-refractivity contribution in [2.75, 3.05) is 33.4 Å². The molecule has 0 bridgehead atoms. The second-order valence-corrected chi connectivity index (χ2v) is 11.4. The molecule has 1 atom stereocenters. The van der Waals surface area contributed by atoms with E-state index in [0.29, 0.717) is 59.7 Å². The molecule has 0 saturated heterocycles. The summed E-state index contributed by atoms with van der Waals surface area (Å²) < 4.78 is 11.1. The predicted octanol–water partition coefficient (Wildman–Crippen LogP) is 5.48. The number of methoxy groups -OCH3 is 1. The fourth-order valence-electron chi connectivity index (χ4n) is 6.07. The maximum absolute atomic E-state index is 14.2. The number of fused-ring (bicyclic) bond motifs is 1. The van der Waals surface area contributed by atoms with Crippen molar-refractivity contribution in [1.29, 1.82) is 0 Å². The summed E-state index contributed by atoms with van der Waals surface area (Å²) >= 11 is 0. The van der Waals surface area contributed by atoms with Crippen molar-refractivity contribution < 1.29 is 34.1 Å². The van der Waals surface area contributed by atoms with Gasteiger partial charge in [-0.2, -0.15) is 0 Å². The topological polar surface area (TPSA) is 117 Å². The molecule has 1 aliphatic rings. The molecule has 0 spiro atoms. The molecule has 4 aromatic carbocycles. The Kier molecular flexibility index (Phi) is 10.9. The zero-order chi connectivity index (χ0) is 33.3. The van der Waals surface area contributed by atoms with E-state index in [1.807, 2.05) is 67.6 Å². The third kappa shape index (κ3) is 7.64. The smallest absolute Gasteiger partial charge is 0.305 e. The van der Waals surface area contributed by atoms with Gasteiger partial charge in [-0.05, 0) is 71.8 Å². The molecule has 0 unspecified atom stereocenters. The number of ether oxygens (including phenoxy) is 2. The van der Waals surface area contributed by atoms with Crippen LogP contribution in [0.2, 0.25) is 0 Å². The molecule has 47 heavy (non-hydrogen) atoms. The summed E-state index contributed by atoms with van der Waals surface area (Å²) in [6.45, 7) is 2.87. The number of aliphatic hydroxyl groups is 1. The fourth-order valence-corrected chi connectivity index (χ4v) is 6.07. The number of amides is 2. The van der Waals surface area contributed by atoms with Crippen LogP contribution in [0.15, 0.2) is 91.0 Å². The quantitative estimate of drug-likeness (QED) is 0.200. The van der Waals surface area contributed by atoms with Crippen LogP contribution in [0.3, 0.4) is 0 Å². The summed E-state index contributed by atoms with van der Waals surface area (Å²) in [5.41, 5.74) is 5.01.